The van der Waals surface area contributed by atoms with Crippen LogP contribution in [-0.4, -0.2) is 37.3 Å². The van der Waals surface area contributed by atoms with Crippen molar-refractivity contribution in [1.29, 1.82) is 0 Å². The summed E-state index contributed by atoms with van der Waals surface area (Å²) in [7, 11) is 1.81. The van der Waals surface area contributed by atoms with Gasteiger partial charge in [0.1, 0.15) is 13.2 Å². The molecular formula is C19H21NO3S. The normalized spacial score (nSPS) is 12.8. The van der Waals surface area contributed by atoms with E-state index in [4.69, 9.17) is 9.47 Å². The number of hydrogen-bond acceptors (Lipinski definition) is 4. The molecule has 5 heteroatoms. The number of carbonyl (C=O) groups excluding carboxylic acids is 1. The predicted molar refractivity (Wildman–Crippen MR) is 96.9 cm³/mol. The van der Waals surface area contributed by atoms with Gasteiger partial charge in [-0.1, -0.05) is 18.2 Å². The third-order valence-electron chi connectivity index (χ3n) is 3.88. The number of thioether (sulfide) groups is 1. The third kappa shape index (κ3) is 3.85. The first kappa shape index (κ1) is 16.7. The summed E-state index contributed by atoms with van der Waals surface area (Å²) in [5.41, 5.74) is 2.96. The summed E-state index contributed by atoms with van der Waals surface area (Å²) in [5, 5.41) is 0. The molecule has 0 bridgehead atoms. The topological polar surface area (TPSA) is 38.8 Å². The summed E-state index contributed by atoms with van der Waals surface area (Å²) >= 11 is 1.77. The minimum atomic E-state index is 0.0144. The number of rotatable bonds is 5. The first-order chi connectivity index (χ1) is 11.7. The monoisotopic (exact) mass is 343 g/mol. The van der Waals surface area contributed by atoms with Crippen LogP contribution in [0.4, 0.5) is 0 Å². The number of amides is 1. The summed E-state index contributed by atoms with van der Waals surface area (Å²) in [6.45, 7) is 1.67. The first-order valence-corrected chi connectivity index (χ1v) is 9.28. The molecule has 4 nitrogen and oxygen atoms in total. The van der Waals surface area contributed by atoms with Crippen molar-refractivity contribution in [2.45, 2.75) is 12.3 Å². The highest BCUT2D eigenvalue weighted by Crippen LogP contribution is 2.31. The summed E-state index contributed by atoms with van der Waals surface area (Å²) in [6, 6.07) is 13.6. The van der Waals surface area contributed by atoms with Crippen LogP contribution in [0.2, 0.25) is 0 Å². The van der Waals surface area contributed by atoms with E-state index in [1.54, 1.807) is 16.7 Å². The fraction of sp³-hybridized carbons (Fsp3) is 0.316. The van der Waals surface area contributed by atoms with Gasteiger partial charge in [-0.2, -0.15) is 11.8 Å². The van der Waals surface area contributed by atoms with Crippen molar-refractivity contribution in [2.75, 3.05) is 26.5 Å². The second-order valence-corrected chi connectivity index (χ2v) is 6.64. The lowest BCUT2D eigenvalue weighted by Crippen LogP contribution is -2.26. The maximum absolute atomic E-state index is 12.6. The lowest BCUT2D eigenvalue weighted by atomic mass is 10.1. The minimum absolute atomic E-state index is 0.0144. The van der Waals surface area contributed by atoms with Crippen LogP contribution in [0.1, 0.15) is 21.5 Å². The second-order valence-electron chi connectivity index (χ2n) is 5.77. The molecule has 0 aromatic heterocycles. The van der Waals surface area contributed by atoms with E-state index in [1.165, 1.54) is 5.56 Å². The highest BCUT2D eigenvalue weighted by molar-refractivity contribution is 7.97. The minimum Gasteiger partial charge on any atom is -0.486 e. The zero-order valence-corrected chi connectivity index (χ0v) is 14.8. The van der Waals surface area contributed by atoms with Crippen LogP contribution in [-0.2, 0) is 12.3 Å². The largest absolute Gasteiger partial charge is 0.486 e. The van der Waals surface area contributed by atoms with Crippen LogP contribution in [0.5, 0.6) is 11.5 Å². The van der Waals surface area contributed by atoms with Crippen LogP contribution in [0.25, 0.3) is 0 Å². The molecule has 1 amide bonds. The molecule has 0 fully saturated rings. The number of ether oxygens (including phenoxy) is 2. The van der Waals surface area contributed by atoms with Crippen molar-refractivity contribution in [3.8, 4) is 11.5 Å². The van der Waals surface area contributed by atoms with Gasteiger partial charge in [-0.3, -0.25) is 4.79 Å². The maximum atomic E-state index is 12.6. The molecule has 0 N–H and O–H groups in total. The molecule has 0 radical (unpaired) electrons. The highest BCUT2D eigenvalue weighted by Gasteiger charge is 2.15. The van der Waals surface area contributed by atoms with Gasteiger partial charge in [-0.15, -0.1) is 0 Å². The van der Waals surface area contributed by atoms with Gasteiger partial charge in [0.15, 0.2) is 11.5 Å². The van der Waals surface area contributed by atoms with Crippen molar-refractivity contribution < 1.29 is 14.3 Å². The lowest BCUT2D eigenvalue weighted by molar-refractivity contribution is 0.0785. The molecule has 0 unspecified atom stereocenters. The van der Waals surface area contributed by atoms with E-state index >= 15 is 0 Å². The van der Waals surface area contributed by atoms with E-state index in [0.717, 1.165) is 22.8 Å². The molecule has 2 aromatic carbocycles. The molecule has 24 heavy (non-hydrogen) atoms. The third-order valence-corrected chi connectivity index (χ3v) is 4.51. The van der Waals surface area contributed by atoms with Gasteiger partial charge in [-0.05, 0) is 41.6 Å². The Balaban J connectivity index is 1.67. The molecule has 1 aliphatic rings. The number of benzene rings is 2. The number of fused-ring (bicyclic) bond motifs is 1. The fourth-order valence-electron chi connectivity index (χ4n) is 2.66. The Bertz CT molecular complexity index is 715. The Hall–Kier alpha value is -2.14. The van der Waals surface area contributed by atoms with E-state index in [0.29, 0.717) is 25.3 Å². The Morgan fingerprint density at radius 2 is 1.71 bits per heavy atom. The molecule has 1 aliphatic heterocycles. The van der Waals surface area contributed by atoms with Crippen LogP contribution >= 0.6 is 11.8 Å². The molecule has 0 saturated carbocycles. The zero-order valence-electron chi connectivity index (χ0n) is 14.0. The average molecular weight is 343 g/mol. The van der Waals surface area contributed by atoms with Crippen molar-refractivity contribution in [3.63, 3.8) is 0 Å². The van der Waals surface area contributed by atoms with E-state index < -0.39 is 0 Å². The van der Waals surface area contributed by atoms with Gasteiger partial charge in [-0.25, -0.2) is 0 Å². The van der Waals surface area contributed by atoms with Crippen LogP contribution in [0, 0.1) is 0 Å². The van der Waals surface area contributed by atoms with E-state index in [9.17, 15) is 4.79 Å². The lowest BCUT2D eigenvalue weighted by Gasteiger charge is -2.21. The van der Waals surface area contributed by atoms with Gasteiger partial charge in [0, 0.05) is 24.9 Å². The van der Waals surface area contributed by atoms with E-state index in [2.05, 4.69) is 6.26 Å². The van der Waals surface area contributed by atoms with Crippen molar-refractivity contribution in [1.82, 2.24) is 4.90 Å². The first-order valence-electron chi connectivity index (χ1n) is 7.89. The van der Waals surface area contributed by atoms with Crippen molar-refractivity contribution >= 4 is 17.7 Å². The zero-order chi connectivity index (χ0) is 16.9. The number of carbonyl (C=O) groups is 1. The van der Waals surface area contributed by atoms with Crippen LogP contribution < -0.4 is 9.47 Å². The molecule has 0 atom stereocenters. The van der Waals surface area contributed by atoms with Gasteiger partial charge in [0.2, 0.25) is 0 Å². The highest BCUT2D eigenvalue weighted by atomic mass is 32.2. The summed E-state index contributed by atoms with van der Waals surface area (Å²) < 4.78 is 11.1. The van der Waals surface area contributed by atoms with Gasteiger partial charge in [0.05, 0.1) is 0 Å². The predicted octanol–water partition coefficient (Wildman–Crippen LogP) is 3.59. The van der Waals surface area contributed by atoms with E-state index in [-0.39, 0.29) is 5.91 Å². The number of hydrogen-bond donors (Lipinski definition) is 0. The molecule has 1 heterocycles. The quantitative estimate of drug-likeness (QED) is 0.832. The fourth-order valence-corrected chi connectivity index (χ4v) is 3.19. The molecule has 2 aromatic rings. The smallest absolute Gasteiger partial charge is 0.253 e. The van der Waals surface area contributed by atoms with Gasteiger partial charge < -0.3 is 14.4 Å². The van der Waals surface area contributed by atoms with Gasteiger partial charge in [0.25, 0.3) is 5.91 Å². The molecule has 0 aliphatic carbocycles. The van der Waals surface area contributed by atoms with Crippen molar-refractivity contribution in [2.24, 2.45) is 0 Å². The van der Waals surface area contributed by atoms with Gasteiger partial charge >= 0.3 is 0 Å². The molecule has 0 spiro atoms. The maximum Gasteiger partial charge on any atom is 0.253 e. The molecular weight excluding hydrogens is 322 g/mol. The SMILES string of the molecule is CSCc1ccc(C(=O)N(C)Cc2ccc3c(c2)OCCO3)cc1. The Morgan fingerprint density at radius 3 is 2.42 bits per heavy atom. The average Bonchev–Trinajstić information content (AvgIpc) is 2.62. The standard InChI is InChI=1S/C19H21NO3S/c1-20(19(21)16-6-3-14(4-7-16)13-24-2)12-15-5-8-17-18(11-15)23-10-9-22-17/h3-8,11H,9-10,12-13H2,1-2H3. The Kier molecular flexibility index (Phi) is 5.30. The summed E-state index contributed by atoms with van der Waals surface area (Å²) in [4.78, 5) is 14.3. The van der Waals surface area contributed by atoms with Crippen LogP contribution in [0.3, 0.4) is 0 Å². The Labute approximate surface area is 146 Å². The Morgan fingerprint density at radius 1 is 1.04 bits per heavy atom. The molecule has 126 valence electrons. The van der Waals surface area contributed by atoms with Crippen molar-refractivity contribution in [3.05, 3.63) is 59.2 Å². The molecule has 3 rings (SSSR count). The second kappa shape index (κ2) is 7.62. The molecule has 0 saturated heterocycles. The van der Waals surface area contributed by atoms with Crippen LogP contribution in [0.15, 0.2) is 42.5 Å². The number of nitrogens with zero attached hydrogens (tertiary/aromatic N) is 1. The summed E-state index contributed by atoms with van der Waals surface area (Å²) in [6.07, 6.45) is 2.07. The van der Waals surface area contributed by atoms with E-state index in [1.807, 2.05) is 49.5 Å². The summed E-state index contributed by atoms with van der Waals surface area (Å²) in [5.74, 6) is 2.49.